The Kier molecular flexibility index (Phi) is 5.72. The van der Waals surface area contributed by atoms with Crippen molar-refractivity contribution in [3.63, 3.8) is 0 Å². The summed E-state index contributed by atoms with van der Waals surface area (Å²) in [6, 6.07) is 12.8. The molecule has 0 aliphatic heterocycles. The van der Waals surface area contributed by atoms with Crippen molar-refractivity contribution in [2.24, 2.45) is 0 Å². The van der Waals surface area contributed by atoms with Gasteiger partial charge in [-0.15, -0.1) is 6.58 Å². The van der Waals surface area contributed by atoms with E-state index in [1.54, 1.807) is 36.2 Å². The van der Waals surface area contributed by atoms with Crippen molar-refractivity contribution in [2.45, 2.75) is 13.1 Å². The molecule has 3 aromatic rings. The van der Waals surface area contributed by atoms with Gasteiger partial charge in [0.05, 0.1) is 10.9 Å². The van der Waals surface area contributed by atoms with E-state index in [1.807, 2.05) is 24.3 Å². The Morgan fingerprint density at radius 1 is 1.30 bits per heavy atom. The van der Waals surface area contributed by atoms with Gasteiger partial charge in [0.15, 0.2) is 4.77 Å². The molecule has 1 aromatic heterocycles. The third kappa shape index (κ3) is 4.09. The fourth-order valence-electron chi connectivity index (χ4n) is 2.84. The van der Waals surface area contributed by atoms with Crippen molar-refractivity contribution >= 4 is 45.0 Å². The summed E-state index contributed by atoms with van der Waals surface area (Å²) in [5.74, 6) is -0.130. The molecule has 5 nitrogen and oxygen atoms in total. The van der Waals surface area contributed by atoms with E-state index in [4.69, 9.17) is 12.2 Å². The Balaban J connectivity index is 1.92. The highest BCUT2D eigenvalue weighted by Crippen LogP contribution is 2.15. The molecule has 0 saturated heterocycles. The average molecular weight is 444 g/mol. The third-order valence-electron chi connectivity index (χ3n) is 4.22. The lowest BCUT2D eigenvalue weighted by Gasteiger charge is -2.18. The van der Waals surface area contributed by atoms with E-state index in [0.717, 1.165) is 10.0 Å². The lowest BCUT2D eigenvalue weighted by Crippen LogP contribution is -2.26. The first-order valence-corrected chi connectivity index (χ1v) is 9.48. The molecule has 0 atom stereocenters. The smallest absolute Gasteiger partial charge is 0.262 e. The lowest BCUT2D eigenvalue weighted by atomic mass is 10.1. The number of aromatic amines is 1. The molecule has 27 heavy (non-hydrogen) atoms. The Morgan fingerprint density at radius 3 is 2.67 bits per heavy atom. The molecule has 0 fully saturated rings. The van der Waals surface area contributed by atoms with Crippen LogP contribution in [0.5, 0.6) is 0 Å². The van der Waals surface area contributed by atoms with Crippen LogP contribution < -0.4 is 5.56 Å². The third-order valence-corrected chi connectivity index (χ3v) is 5.07. The zero-order valence-electron chi connectivity index (χ0n) is 14.7. The Bertz CT molecular complexity index is 1130. The fourth-order valence-corrected chi connectivity index (χ4v) is 3.37. The maximum absolute atomic E-state index is 12.8. The molecule has 0 aliphatic carbocycles. The minimum atomic E-state index is -0.198. The van der Waals surface area contributed by atoms with Crippen LogP contribution in [0.3, 0.4) is 0 Å². The maximum Gasteiger partial charge on any atom is 0.262 e. The maximum atomic E-state index is 12.8. The molecule has 0 radical (unpaired) electrons. The predicted octanol–water partition coefficient (Wildman–Crippen LogP) is 4.28. The number of benzene rings is 2. The number of H-pyrrole nitrogens is 1. The zero-order chi connectivity index (χ0) is 19.6. The number of carbonyl (C=O) groups is 1. The molecule has 7 heteroatoms. The summed E-state index contributed by atoms with van der Waals surface area (Å²) in [5, 5.41) is 0.484. The normalized spacial score (nSPS) is 10.7. The summed E-state index contributed by atoms with van der Waals surface area (Å²) >= 11 is 8.65. The summed E-state index contributed by atoms with van der Waals surface area (Å²) in [4.78, 5) is 30.0. The van der Waals surface area contributed by atoms with Crippen LogP contribution in [0.25, 0.3) is 10.9 Å². The molecule has 138 valence electrons. The molecule has 0 spiro atoms. The van der Waals surface area contributed by atoms with Gasteiger partial charge in [0.2, 0.25) is 0 Å². The highest BCUT2D eigenvalue weighted by Gasteiger charge is 2.14. The van der Waals surface area contributed by atoms with Crippen LogP contribution in [0.15, 0.2) is 64.4 Å². The van der Waals surface area contributed by atoms with E-state index in [1.165, 1.54) is 4.57 Å². The average Bonchev–Trinajstić information content (AvgIpc) is 2.65. The first kappa shape index (κ1) is 19.3. The molecule has 1 N–H and O–H groups in total. The Morgan fingerprint density at radius 2 is 2.00 bits per heavy atom. The van der Waals surface area contributed by atoms with Crippen LogP contribution >= 0.6 is 28.1 Å². The van der Waals surface area contributed by atoms with Crippen molar-refractivity contribution in [1.29, 1.82) is 0 Å². The summed E-state index contributed by atoms with van der Waals surface area (Å²) < 4.78 is 2.73. The minimum absolute atomic E-state index is 0.130. The van der Waals surface area contributed by atoms with E-state index in [-0.39, 0.29) is 11.5 Å². The SMILES string of the molecule is C=CCn1c(=S)[nH]c2cc(C(=O)N(C)Cc3ccc(Br)cc3)ccc2c1=O. The molecule has 1 heterocycles. The standard InChI is InChI=1S/C20H18BrN3O2S/c1-3-10-24-19(26)16-9-6-14(11-17(16)22-20(24)27)18(25)23(2)12-13-4-7-15(21)8-5-13/h3-9,11H,1,10,12H2,2H3,(H,22,27). The van der Waals surface area contributed by atoms with Gasteiger partial charge in [-0.25, -0.2) is 0 Å². The highest BCUT2D eigenvalue weighted by molar-refractivity contribution is 9.10. The van der Waals surface area contributed by atoms with E-state index in [2.05, 4.69) is 27.5 Å². The van der Waals surface area contributed by atoms with E-state index in [0.29, 0.717) is 34.3 Å². The quantitative estimate of drug-likeness (QED) is 0.472. The number of nitrogens with one attached hydrogen (secondary N) is 1. The van der Waals surface area contributed by atoms with Crippen LogP contribution in [0.4, 0.5) is 0 Å². The second-order valence-electron chi connectivity index (χ2n) is 6.18. The lowest BCUT2D eigenvalue weighted by molar-refractivity contribution is 0.0785. The number of allylic oxidation sites excluding steroid dienone is 1. The molecular formula is C20H18BrN3O2S. The van der Waals surface area contributed by atoms with Crippen molar-refractivity contribution in [3.05, 3.63) is 85.8 Å². The van der Waals surface area contributed by atoms with Crippen LogP contribution in [0.2, 0.25) is 0 Å². The van der Waals surface area contributed by atoms with Gasteiger partial charge in [-0.2, -0.15) is 0 Å². The monoisotopic (exact) mass is 443 g/mol. The van der Waals surface area contributed by atoms with Gasteiger partial charge in [0.25, 0.3) is 11.5 Å². The van der Waals surface area contributed by atoms with Crippen molar-refractivity contribution in [2.75, 3.05) is 7.05 Å². The molecule has 2 aromatic carbocycles. The van der Waals surface area contributed by atoms with Gasteiger partial charge in [0, 0.05) is 30.2 Å². The predicted molar refractivity (Wildman–Crippen MR) is 114 cm³/mol. The second kappa shape index (κ2) is 8.02. The van der Waals surface area contributed by atoms with Gasteiger partial charge in [-0.1, -0.05) is 34.1 Å². The summed E-state index contributed by atoms with van der Waals surface area (Å²) in [6.07, 6.45) is 1.62. The van der Waals surface area contributed by atoms with Crippen LogP contribution in [0, 0.1) is 4.77 Å². The van der Waals surface area contributed by atoms with Crippen molar-refractivity contribution in [3.8, 4) is 0 Å². The number of aromatic nitrogens is 2. The molecule has 0 bridgehead atoms. The molecule has 1 amide bonds. The first-order chi connectivity index (χ1) is 12.9. The Hall–Kier alpha value is -2.51. The summed E-state index contributed by atoms with van der Waals surface area (Å²) in [6.45, 7) is 4.46. The van der Waals surface area contributed by atoms with Gasteiger partial charge < -0.3 is 9.88 Å². The number of fused-ring (bicyclic) bond motifs is 1. The molecule has 3 rings (SSSR count). The van der Waals surface area contributed by atoms with Gasteiger partial charge in [0.1, 0.15) is 0 Å². The molecule has 0 unspecified atom stereocenters. The number of hydrogen-bond acceptors (Lipinski definition) is 3. The van der Waals surface area contributed by atoms with Crippen molar-refractivity contribution in [1.82, 2.24) is 14.5 Å². The number of hydrogen-bond donors (Lipinski definition) is 1. The first-order valence-electron chi connectivity index (χ1n) is 8.28. The summed E-state index contributed by atoms with van der Waals surface area (Å²) in [5.41, 5.74) is 1.87. The zero-order valence-corrected chi connectivity index (χ0v) is 17.1. The second-order valence-corrected chi connectivity index (χ2v) is 7.49. The van der Waals surface area contributed by atoms with Gasteiger partial charge in [-0.05, 0) is 48.1 Å². The molecular weight excluding hydrogens is 426 g/mol. The van der Waals surface area contributed by atoms with Crippen LogP contribution in [0.1, 0.15) is 15.9 Å². The number of amides is 1. The van der Waals surface area contributed by atoms with E-state index in [9.17, 15) is 9.59 Å². The van der Waals surface area contributed by atoms with Crippen LogP contribution in [-0.2, 0) is 13.1 Å². The van der Waals surface area contributed by atoms with Gasteiger partial charge in [-0.3, -0.25) is 14.2 Å². The number of carbonyl (C=O) groups excluding carboxylic acids is 1. The Labute approximate surface area is 170 Å². The molecule has 0 saturated carbocycles. The number of nitrogens with zero attached hydrogens (tertiary/aromatic N) is 2. The summed E-state index contributed by atoms with van der Waals surface area (Å²) in [7, 11) is 1.75. The van der Waals surface area contributed by atoms with E-state index >= 15 is 0 Å². The van der Waals surface area contributed by atoms with Crippen molar-refractivity contribution < 1.29 is 4.79 Å². The number of halogens is 1. The minimum Gasteiger partial charge on any atom is -0.337 e. The van der Waals surface area contributed by atoms with E-state index < -0.39 is 0 Å². The topological polar surface area (TPSA) is 58.1 Å². The molecule has 0 aliphatic rings. The van der Waals surface area contributed by atoms with Crippen LogP contribution in [-0.4, -0.2) is 27.4 Å². The number of rotatable bonds is 5. The van der Waals surface area contributed by atoms with Gasteiger partial charge >= 0.3 is 0 Å². The fraction of sp³-hybridized carbons (Fsp3) is 0.150. The largest absolute Gasteiger partial charge is 0.337 e. The highest BCUT2D eigenvalue weighted by atomic mass is 79.9.